The molecular weight excluding hydrogens is 236 g/mol. The third-order valence-electron chi connectivity index (χ3n) is 2.46. The van der Waals surface area contributed by atoms with E-state index in [-0.39, 0.29) is 5.70 Å². The van der Waals surface area contributed by atoms with E-state index < -0.39 is 17.4 Å². The van der Waals surface area contributed by atoms with Gasteiger partial charge in [0.05, 0.1) is 12.8 Å². The van der Waals surface area contributed by atoms with Gasteiger partial charge in [-0.15, -0.1) is 4.91 Å². The third kappa shape index (κ3) is 2.08. The molecule has 0 bridgehead atoms. The van der Waals surface area contributed by atoms with Crippen LogP contribution in [-0.2, 0) is 4.79 Å². The topological polar surface area (TPSA) is 88.0 Å². The van der Waals surface area contributed by atoms with Crippen LogP contribution in [0, 0.1) is 4.91 Å². The fourth-order valence-electron chi connectivity index (χ4n) is 1.53. The number of nitrogens with one attached hydrogen (secondary N) is 1. The van der Waals surface area contributed by atoms with E-state index in [1.807, 2.05) is 0 Å². The molecule has 1 aliphatic rings. The van der Waals surface area contributed by atoms with E-state index >= 15 is 0 Å². The molecule has 2 N–H and O–H groups in total. The largest absolute Gasteiger partial charge is 0.504 e. The number of rotatable bonds is 3. The molecule has 0 spiro atoms. The van der Waals surface area contributed by atoms with Crippen molar-refractivity contribution in [3.05, 3.63) is 51.9 Å². The Morgan fingerprint density at radius 3 is 2.50 bits per heavy atom. The summed E-state index contributed by atoms with van der Waals surface area (Å²) in [5, 5.41) is 14.4. The van der Waals surface area contributed by atoms with E-state index in [1.165, 1.54) is 6.08 Å². The number of ether oxygens (including phenoxy) is 1. The van der Waals surface area contributed by atoms with E-state index in [4.69, 9.17) is 4.74 Å². The summed E-state index contributed by atoms with van der Waals surface area (Å²) >= 11 is 0. The first-order chi connectivity index (χ1) is 8.65. The molecule has 0 saturated carbocycles. The number of hydrogen-bond acceptors (Lipinski definition) is 5. The highest BCUT2D eigenvalue weighted by Gasteiger charge is 2.28. The Kier molecular flexibility index (Phi) is 3.09. The monoisotopic (exact) mass is 246 g/mol. The molecule has 1 aliphatic heterocycles. The van der Waals surface area contributed by atoms with Crippen LogP contribution in [0.15, 0.2) is 46.6 Å². The Hall–Kier alpha value is -2.63. The Balaban J connectivity index is 2.32. The van der Waals surface area contributed by atoms with Crippen molar-refractivity contribution in [2.45, 2.75) is 0 Å². The Morgan fingerprint density at radius 1 is 1.33 bits per heavy atom. The van der Waals surface area contributed by atoms with Gasteiger partial charge in [0.2, 0.25) is 5.70 Å². The van der Waals surface area contributed by atoms with Crippen molar-refractivity contribution < 1.29 is 14.6 Å². The number of nitroso groups, excluding NO2 is 1. The smallest absolute Gasteiger partial charge is 0.281 e. The van der Waals surface area contributed by atoms with E-state index in [9.17, 15) is 14.8 Å². The summed E-state index contributed by atoms with van der Waals surface area (Å²) in [6, 6.07) is 6.97. The van der Waals surface area contributed by atoms with E-state index in [1.54, 1.807) is 31.4 Å². The van der Waals surface area contributed by atoms with Gasteiger partial charge >= 0.3 is 0 Å². The predicted octanol–water partition coefficient (Wildman–Crippen LogP) is 1.70. The lowest BCUT2D eigenvalue weighted by atomic mass is 10.2. The minimum Gasteiger partial charge on any atom is -0.504 e. The Bertz CT molecular complexity index is 558. The number of hydrogen-bond donors (Lipinski definition) is 2. The molecule has 92 valence electrons. The van der Waals surface area contributed by atoms with Gasteiger partial charge in [0.1, 0.15) is 5.75 Å². The van der Waals surface area contributed by atoms with Gasteiger partial charge in [-0.05, 0) is 28.9 Å². The number of aliphatic hydroxyl groups is 1. The lowest BCUT2D eigenvalue weighted by molar-refractivity contribution is -0.116. The first-order valence-corrected chi connectivity index (χ1v) is 5.10. The first-order valence-electron chi connectivity index (χ1n) is 5.10. The van der Waals surface area contributed by atoms with Crippen molar-refractivity contribution in [3.8, 4) is 5.75 Å². The summed E-state index contributed by atoms with van der Waals surface area (Å²) in [4.78, 5) is 21.6. The molecular formula is C12H10N2O4. The zero-order valence-corrected chi connectivity index (χ0v) is 9.51. The van der Waals surface area contributed by atoms with Gasteiger partial charge in [-0.25, -0.2) is 0 Å². The van der Waals surface area contributed by atoms with E-state index in [0.717, 1.165) is 5.56 Å². The van der Waals surface area contributed by atoms with Crippen molar-refractivity contribution in [1.82, 2.24) is 5.32 Å². The molecule has 1 heterocycles. The zero-order valence-electron chi connectivity index (χ0n) is 9.51. The summed E-state index contributed by atoms with van der Waals surface area (Å²) in [7, 11) is 1.56. The van der Waals surface area contributed by atoms with Gasteiger partial charge < -0.3 is 15.2 Å². The summed E-state index contributed by atoms with van der Waals surface area (Å²) in [6.45, 7) is 0. The van der Waals surface area contributed by atoms with Crippen LogP contribution in [0.2, 0.25) is 0 Å². The van der Waals surface area contributed by atoms with Crippen LogP contribution >= 0.6 is 0 Å². The maximum atomic E-state index is 11.2. The highest BCUT2D eigenvalue weighted by Crippen LogP contribution is 2.22. The van der Waals surface area contributed by atoms with E-state index in [0.29, 0.717) is 5.75 Å². The molecule has 0 aliphatic carbocycles. The van der Waals surface area contributed by atoms with Crippen LogP contribution in [-0.4, -0.2) is 18.1 Å². The molecule has 2 rings (SSSR count). The number of methoxy groups -OCH3 is 1. The van der Waals surface area contributed by atoms with Crippen LogP contribution in [0.5, 0.6) is 5.75 Å². The number of carbonyl (C=O) groups is 1. The Labute approximate surface area is 103 Å². The molecule has 1 aromatic carbocycles. The summed E-state index contributed by atoms with van der Waals surface area (Å²) < 4.78 is 5.01. The van der Waals surface area contributed by atoms with Gasteiger partial charge in [-0.3, -0.25) is 4.79 Å². The van der Waals surface area contributed by atoms with Crippen LogP contribution < -0.4 is 10.1 Å². The molecule has 0 radical (unpaired) electrons. The number of amides is 1. The summed E-state index contributed by atoms with van der Waals surface area (Å²) in [5.41, 5.74) is 0.388. The second-order valence-corrected chi connectivity index (χ2v) is 3.57. The normalized spacial score (nSPS) is 16.9. The minimum atomic E-state index is -0.706. The number of carbonyl (C=O) groups excluding carboxylic acids is 1. The van der Waals surface area contributed by atoms with Gasteiger partial charge in [-0.2, -0.15) is 0 Å². The molecule has 1 amide bonds. The van der Waals surface area contributed by atoms with Crippen LogP contribution in [0.1, 0.15) is 5.56 Å². The SMILES string of the molecule is COc1ccc(/C=C2/NC(=O)C(N=O)=C2O)cc1. The fourth-order valence-corrected chi connectivity index (χ4v) is 1.53. The average molecular weight is 246 g/mol. The molecule has 6 nitrogen and oxygen atoms in total. The second kappa shape index (κ2) is 4.70. The highest BCUT2D eigenvalue weighted by atomic mass is 16.5. The highest BCUT2D eigenvalue weighted by molar-refractivity contribution is 6.00. The van der Waals surface area contributed by atoms with Gasteiger partial charge in [0, 0.05) is 0 Å². The van der Waals surface area contributed by atoms with Crippen molar-refractivity contribution in [2.75, 3.05) is 7.11 Å². The number of nitrogens with zero attached hydrogens (tertiary/aromatic N) is 1. The van der Waals surface area contributed by atoms with Crippen molar-refractivity contribution in [2.24, 2.45) is 5.18 Å². The fraction of sp³-hybridized carbons (Fsp3) is 0.0833. The molecule has 18 heavy (non-hydrogen) atoms. The van der Waals surface area contributed by atoms with Gasteiger partial charge in [0.25, 0.3) is 5.91 Å². The zero-order chi connectivity index (χ0) is 13.1. The van der Waals surface area contributed by atoms with Crippen molar-refractivity contribution in [3.63, 3.8) is 0 Å². The average Bonchev–Trinajstić information content (AvgIpc) is 2.65. The Morgan fingerprint density at radius 2 is 2.00 bits per heavy atom. The van der Waals surface area contributed by atoms with Gasteiger partial charge in [-0.1, -0.05) is 12.1 Å². The molecule has 1 aromatic rings. The van der Waals surface area contributed by atoms with E-state index in [2.05, 4.69) is 10.5 Å². The maximum Gasteiger partial charge on any atom is 0.281 e. The third-order valence-corrected chi connectivity index (χ3v) is 2.46. The molecule has 0 aromatic heterocycles. The summed E-state index contributed by atoms with van der Waals surface area (Å²) in [5.74, 6) is -0.448. The lowest BCUT2D eigenvalue weighted by Crippen LogP contribution is -2.15. The standard InChI is InChI=1S/C12H10N2O4/c1-18-8-4-2-7(3-5-8)6-9-11(15)10(14-17)12(16)13-9/h2-6,15H,1H3,(H,13,16)/b9-6+. The first kappa shape index (κ1) is 11.8. The molecule has 0 unspecified atom stereocenters. The molecule has 0 saturated heterocycles. The molecule has 6 heteroatoms. The molecule has 0 fully saturated rings. The lowest BCUT2D eigenvalue weighted by Gasteiger charge is -2.01. The van der Waals surface area contributed by atoms with Crippen LogP contribution in [0.3, 0.4) is 0 Å². The number of aliphatic hydroxyl groups excluding tert-OH is 1. The summed E-state index contributed by atoms with van der Waals surface area (Å²) in [6.07, 6.45) is 1.53. The van der Waals surface area contributed by atoms with Crippen LogP contribution in [0.25, 0.3) is 6.08 Å². The predicted molar refractivity (Wildman–Crippen MR) is 64.6 cm³/mol. The van der Waals surface area contributed by atoms with Crippen LogP contribution in [0.4, 0.5) is 0 Å². The van der Waals surface area contributed by atoms with Crippen molar-refractivity contribution in [1.29, 1.82) is 0 Å². The second-order valence-electron chi connectivity index (χ2n) is 3.57. The molecule has 0 atom stereocenters. The number of benzene rings is 1. The maximum absolute atomic E-state index is 11.2. The minimum absolute atomic E-state index is 0.153. The quantitative estimate of drug-likeness (QED) is 0.794. The van der Waals surface area contributed by atoms with Crippen molar-refractivity contribution >= 4 is 12.0 Å². The van der Waals surface area contributed by atoms with Gasteiger partial charge in [0.15, 0.2) is 5.76 Å².